The molecule has 1 unspecified atom stereocenters. The number of carbonyl (C=O) groups is 1. The summed E-state index contributed by atoms with van der Waals surface area (Å²) >= 11 is 0. The largest absolute Gasteiger partial charge is 0.340 e. The van der Waals surface area contributed by atoms with Gasteiger partial charge in [0.1, 0.15) is 0 Å². The van der Waals surface area contributed by atoms with E-state index < -0.39 is 0 Å². The predicted octanol–water partition coefficient (Wildman–Crippen LogP) is 0.555. The van der Waals surface area contributed by atoms with Gasteiger partial charge in [0.25, 0.3) is 0 Å². The summed E-state index contributed by atoms with van der Waals surface area (Å²) in [4.78, 5) is 16.3. The molecule has 0 spiro atoms. The highest BCUT2D eigenvalue weighted by Crippen LogP contribution is 2.17. The van der Waals surface area contributed by atoms with E-state index in [4.69, 9.17) is 0 Å². The zero-order chi connectivity index (χ0) is 12.1. The summed E-state index contributed by atoms with van der Waals surface area (Å²) in [7, 11) is 2.12. The Morgan fingerprint density at radius 1 is 1.29 bits per heavy atom. The van der Waals surface area contributed by atoms with Crippen LogP contribution in [0.5, 0.6) is 0 Å². The minimum Gasteiger partial charge on any atom is -0.340 e. The standard InChI is InChI=1S/C13H24N3O/c1-15-7-9-16(10-8-15)13(17)5-4-12-3-2-6-14-11-12/h12H,2-11H2,1H3. The lowest BCUT2D eigenvalue weighted by Gasteiger charge is -2.33. The quantitative estimate of drug-likeness (QED) is 0.720. The molecule has 1 amide bonds. The molecule has 0 saturated carbocycles. The molecule has 0 aromatic rings. The number of amides is 1. The average Bonchev–Trinajstić information content (AvgIpc) is 2.38. The number of nitrogens with zero attached hydrogens (tertiary/aromatic N) is 3. The van der Waals surface area contributed by atoms with Gasteiger partial charge in [-0.2, -0.15) is 0 Å². The molecule has 0 N–H and O–H groups in total. The summed E-state index contributed by atoms with van der Waals surface area (Å²) < 4.78 is 0. The summed E-state index contributed by atoms with van der Waals surface area (Å²) in [6, 6.07) is 0. The highest BCUT2D eigenvalue weighted by molar-refractivity contribution is 5.76. The third kappa shape index (κ3) is 3.96. The molecule has 4 nitrogen and oxygen atoms in total. The molecular weight excluding hydrogens is 214 g/mol. The third-order valence-electron chi connectivity index (χ3n) is 3.94. The molecule has 1 atom stereocenters. The molecule has 2 rings (SSSR count). The Balaban J connectivity index is 1.66. The molecule has 2 saturated heterocycles. The van der Waals surface area contributed by atoms with Crippen LogP contribution in [-0.2, 0) is 4.79 Å². The van der Waals surface area contributed by atoms with Crippen molar-refractivity contribution in [3.63, 3.8) is 0 Å². The fraction of sp³-hybridized carbons (Fsp3) is 0.923. The van der Waals surface area contributed by atoms with Crippen molar-refractivity contribution < 1.29 is 4.79 Å². The minimum atomic E-state index is 0.351. The van der Waals surface area contributed by atoms with Gasteiger partial charge in [0.15, 0.2) is 0 Å². The third-order valence-corrected chi connectivity index (χ3v) is 3.94. The van der Waals surface area contributed by atoms with Gasteiger partial charge in [-0.05, 0) is 32.2 Å². The molecule has 2 aliphatic rings. The zero-order valence-corrected chi connectivity index (χ0v) is 10.9. The van der Waals surface area contributed by atoms with Crippen LogP contribution < -0.4 is 5.32 Å². The molecule has 17 heavy (non-hydrogen) atoms. The number of piperidine rings is 1. The lowest BCUT2D eigenvalue weighted by atomic mass is 9.94. The second kappa shape index (κ2) is 6.36. The van der Waals surface area contributed by atoms with E-state index in [1.807, 2.05) is 4.90 Å². The van der Waals surface area contributed by atoms with Gasteiger partial charge >= 0.3 is 0 Å². The van der Waals surface area contributed by atoms with Crippen molar-refractivity contribution in [2.75, 3.05) is 46.3 Å². The summed E-state index contributed by atoms with van der Waals surface area (Å²) in [5.74, 6) is 1.02. The fourth-order valence-corrected chi connectivity index (χ4v) is 2.63. The first kappa shape index (κ1) is 12.8. The van der Waals surface area contributed by atoms with Crippen molar-refractivity contribution >= 4 is 5.91 Å². The van der Waals surface area contributed by atoms with Gasteiger partial charge in [-0.1, -0.05) is 0 Å². The number of carbonyl (C=O) groups excluding carboxylic acids is 1. The fourth-order valence-electron chi connectivity index (χ4n) is 2.63. The number of rotatable bonds is 3. The van der Waals surface area contributed by atoms with Gasteiger partial charge < -0.3 is 9.80 Å². The molecule has 0 aliphatic carbocycles. The predicted molar refractivity (Wildman–Crippen MR) is 67.9 cm³/mol. The van der Waals surface area contributed by atoms with Crippen LogP contribution in [0.25, 0.3) is 0 Å². The SMILES string of the molecule is CN1CCN(C(=O)CCC2CCC[N]C2)CC1. The molecule has 97 valence electrons. The van der Waals surface area contributed by atoms with Crippen molar-refractivity contribution in [1.82, 2.24) is 15.1 Å². The zero-order valence-electron chi connectivity index (χ0n) is 10.9. The Hall–Kier alpha value is -0.610. The van der Waals surface area contributed by atoms with Gasteiger partial charge in [0.2, 0.25) is 5.91 Å². The second-order valence-electron chi connectivity index (χ2n) is 5.36. The van der Waals surface area contributed by atoms with Gasteiger partial charge in [0.05, 0.1) is 0 Å². The van der Waals surface area contributed by atoms with E-state index in [9.17, 15) is 4.79 Å². The molecule has 2 heterocycles. The minimum absolute atomic E-state index is 0.351. The highest BCUT2D eigenvalue weighted by atomic mass is 16.2. The monoisotopic (exact) mass is 238 g/mol. The summed E-state index contributed by atoms with van der Waals surface area (Å²) in [5, 5.41) is 4.43. The van der Waals surface area contributed by atoms with E-state index in [-0.39, 0.29) is 0 Å². The van der Waals surface area contributed by atoms with Crippen molar-refractivity contribution in [2.24, 2.45) is 5.92 Å². The average molecular weight is 238 g/mol. The first-order valence-electron chi connectivity index (χ1n) is 6.85. The number of hydrogen-bond donors (Lipinski definition) is 0. The van der Waals surface area contributed by atoms with Crippen LogP contribution in [0.4, 0.5) is 0 Å². The van der Waals surface area contributed by atoms with Crippen LogP contribution in [0.3, 0.4) is 0 Å². The molecule has 2 fully saturated rings. The molecule has 0 aromatic carbocycles. The van der Waals surface area contributed by atoms with Gasteiger partial charge in [0, 0.05) is 45.7 Å². The van der Waals surface area contributed by atoms with Crippen LogP contribution >= 0.6 is 0 Å². The van der Waals surface area contributed by atoms with Gasteiger partial charge in [-0.3, -0.25) is 4.79 Å². The molecular formula is C13H24N3O. The highest BCUT2D eigenvalue weighted by Gasteiger charge is 2.21. The Labute approximate surface area is 104 Å². The number of piperazine rings is 1. The van der Waals surface area contributed by atoms with Crippen molar-refractivity contribution in [1.29, 1.82) is 0 Å². The molecule has 4 heteroatoms. The first-order valence-corrected chi connectivity index (χ1v) is 6.85. The molecule has 0 bridgehead atoms. The smallest absolute Gasteiger partial charge is 0.222 e. The summed E-state index contributed by atoms with van der Waals surface area (Å²) in [6.45, 7) is 5.86. The maximum absolute atomic E-state index is 12.0. The second-order valence-corrected chi connectivity index (χ2v) is 5.36. The van der Waals surface area contributed by atoms with Gasteiger partial charge in [-0.25, -0.2) is 5.32 Å². The van der Waals surface area contributed by atoms with Crippen molar-refractivity contribution in [3.05, 3.63) is 0 Å². The van der Waals surface area contributed by atoms with E-state index in [0.717, 1.165) is 52.1 Å². The summed E-state index contributed by atoms with van der Waals surface area (Å²) in [5.41, 5.74) is 0. The van der Waals surface area contributed by atoms with Crippen molar-refractivity contribution in [3.8, 4) is 0 Å². The van der Waals surface area contributed by atoms with E-state index in [1.165, 1.54) is 12.8 Å². The Morgan fingerprint density at radius 2 is 2.06 bits per heavy atom. The maximum atomic E-state index is 12.0. The maximum Gasteiger partial charge on any atom is 0.222 e. The molecule has 1 radical (unpaired) electrons. The number of likely N-dealkylation sites (N-methyl/N-ethyl adjacent to an activating group) is 1. The van der Waals surface area contributed by atoms with Crippen LogP contribution in [0.2, 0.25) is 0 Å². The lowest BCUT2D eigenvalue weighted by Crippen LogP contribution is -2.47. The lowest BCUT2D eigenvalue weighted by molar-refractivity contribution is -0.133. The van der Waals surface area contributed by atoms with E-state index in [2.05, 4.69) is 17.3 Å². The topological polar surface area (TPSA) is 37.7 Å². The number of hydrogen-bond acceptors (Lipinski definition) is 2. The van der Waals surface area contributed by atoms with Crippen LogP contribution in [0, 0.1) is 5.92 Å². The molecule has 2 aliphatic heterocycles. The van der Waals surface area contributed by atoms with Crippen LogP contribution in [-0.4, -0.2) is 62.0 Å². The Morgan fingerprint density at radius 3 is 2.71 bits per heavy atom. The normalized spacial score (nSPS) is 27.1. The Bertz CT molecular complexity index is 243. The van der Waals surface area contributed by atoms with Crippen molar-refractivity contribution in [2.45, 2.75) is 25.7 Å². The van der Waals surface area contributed by atoms with E-state index in [1.54, 1.807) is 0 Å². The van der Waals surface area contributed by atoms with Gasteiger partial charge in [-0.15, -0.1) is 0 Å². The van der Waals surface area contributed by atoms with E-state index >= 15 is 0 Å². The Kier molecular flexibility index (Phi) is 4.80. The first-order chi connectivity index (χ1) is 8.25. The van der Waals surface area contributed by atoms with E-state index in [0.29, 0.717) is 11.8 Å². The molecule has 0 aromatic heterocycles. The van der Waals surface area contributed by atoms with Crippen LogP contribution in [0.15, 0.2) is 0 Å². The summed E-state index contributed by atoms with van der Waals surface area (Å²) in [6.07, 6.45) is 4.24. The van der Waals surface area contributed by atoms with Crippen LogP contribution in [0.1, 0.15) is 25.7 Å².